The molecule has 1 rings (SSSR count). The standard InChI is InChI=1S/C22H36O2/c1-3-4-5-6-7-8-9-10-11-12-13-16-19-24-22(23)21-18-15-14-17-20(21)2/h14-15,17-18H,3-13,16,19H2,1-2H3. The van der Waals surface area contributed by atoms with Crippen LogP contribution in [0.2, 0.25) is 0 Å². The number of rotatable bonds is 14. The summed E-state index contributed by atoms with van der Waals surface area (Å²) >= 11 is 0. The lowest BCUT2D eigenvalue weighted by molar-refractivity contribution is 0.0497. The Morgan fingerprint density at radius 3 is 1.83 bits per heavy atom. The fourth-order valence-corrected chi connectivity index (χ4v) is 2.99. The van der Waals surface area contributed by atoms with Crippen LogP contribution in [0.1, 0.15) is 99.9 Å². The highest BCUT2D eigenvalue weighted by Crippen LogP contribution is 2.12. The van der Waals surface area contributed by atoms with E-state index in [0.717, 1.165) is 18.4 Å². The van der Waals surface area contributed by atoms with Crippen molar-refractivity contribution < 1.29 is 9.53 Å². The first-order valence-electron chi connectivity index (χ1n) is 9.98. The van der Waals surface area contributed by atoms with Gasteiger partial charge in [-0.25, -0.2) is 4.79 Å². The second kappa shape index (κ2) is 14.1. The van der Waals surface area contributed by atoms with Crippen LogP contribution in [0.4, 0.5) is 0 Å². The largest absolute Gasteiger partial charge is 0.462 e. The third-order valence-electron chi connectivity index (χ3n) is 4.60. The van der Waals surface area contributed by atoms with Gasteiger partial charge in [0.15, 0.2) is 0 Å². The number of carbonyl (C=O) groups is 1. The molecule has 1 aromatic carbocycles. The highest BCUT2D eigenvalue weighted by atomic mass is 16.5. The van der Waals surface area contributed by atoms with Crippen molar-refractivity contribution in [2.45, 2.75) is 90.9 Å². The SMILES string of the molecule is CCCCCCCCCCCCCCOC(=O)c1ccccc1C. The Morgan fingerprint density at radius 2 is 1.29 bits per heavy atom. The average Bonchev–Trinajstić information content (AvgIpc) is 2.59. The zero-order valence-corrected chi connectivity index (χ0v) is 15.8. The Hall–Kier alpha value is -1.31. The van der Waals surface area contributed by atoms with Gasteiger partial charge in [-0.3, -0.25) is 0 Å². The van der Waals surface area contributed by atoms with E-state index in [1.54, 1.807) is 0 Å². The van der Waals surface area contributed by atoms with Crippen molar-refractivity contribution in [2.75, 3.05) is 6.61 Å². The summed E-state index contributed by atoms with van der Waals surface area (Å²) in [5.74, 6) is -0.184. The van der Waals surface area contributed by atoms with E-state index in [0.29, 0.717) is 12.2 Å². The first-order valence-corrected chi connectivity index (χ1v) is 9.98. The summed E-state index contributed by atoms with van der Waals surface area (Å²) in [6.45, 7) is 4.76. The Bertz CT molecular complexity index is 439. The van der Waals surface area contributed by atoms with Crippen LogP contribution in [0.15, 0.2) is 24.3 Å². The van der Waals surface area contributed by atoms with E-state index >= 15 is 0 Å². The van der Waals surface area contributed by atoms with Gasteiger partial charge in [0.1, 0.15) is 0 Å². The molecule has 0 saturated carbocycles. The third kappa shape index (κ3) is 9.75. The maximum absolute atomic E-state index is 11.9. The molecule has 0 fully saturated rings. The van der Waals surface area contributed by atoms with Gasteiger partial charge in [-0.15, -0.1) is 0 Å². The van der Waals surface area contributed by atoms with Gasteiger partial charge in [0.25, 0.3) is 0 Å². The average molecular weight is 333 g/mol. The van der Waals surface area contributed by atoms with Gasteiger partial charge in [0.05, 0.1) is 12.2 Å². The zero-order valence-electron chi connectivity index (χ0n) is 15.8. The predicted octanol–water partition coefficient (Wildman–Crippen LogP) is 6.85. The van der Waals surface area contributed by atoms with Crippen molar-refractivity contribution in [1.29, 1.82) is 0 Å². The van der Waals surface area contributed by atoms with E-state index in [-0.39, 0.29) is 5.97 Å². The number of benzene rings is 1. The molecule has 0 saturated heterocycles. The number of aryl methyl sites for hydroxylation is 1. The highest BCUT2D eigenvalue weighted by molar-refractivity contribution is 5.90. The lowest BCUT2D eigenvalue weighted by atomic mass is 10.1. The van der Waals surface area contributed by atoms with E-state index in [1.165, 1.54) is 64.2 Å². The van der Waals surface area contributed by atoms with Crippen LogP contribution >= 0.6 is 0 Å². The molecule has 0 amide bonds. The summed E-state index contributed by atoms with van der Waals surface area (Å²) in [5, 5.41) is 0. The molecular weight excluding hydrogens is 296 g/mol. The van der Waals surface area contributed by atoms with Crippen LogP contribution in [0.5, 0.6) is 0 Å². The van der Waals surface area contributed by atoms with Crippen molar-refractivity contribution in [2.24, 2.45) is 0 Å². The highest BCUT2D eigenvalue weighted by Gasteiger charge is 2.08. The molecule has 24 heavy (non-hydrogen) atoms. The molecule has 0 atom stereocenters. The molecule has 0 spiro atoms. The first-order chi connectivity index (χ1) is 11.8. The summed E-state index contributed by atoms with van der Waals surface area (Å²) < 4.78 is 5.36. The Balaban J connectivity index is 1.89. The quantitative estimate of drug-likeness (QED) is 0.275. The van der Waals surface area contributed by atoms with Crippen LogP contribution in [-0.4, -0.2) is 12.6 Å². The molecular formula is C22H36O2. The number of unbranched alkanes of at least 4 members (excludes halogenated alkanes) is 11. The van der Waals surface area contributed by atoms with Crippen molar-refractivity contribution in [3.63, 3.8) is 0 Å². The molecule has 0 aliphatic rings. The minimum absolute atomic E-state index is 0.184. The molecule has 0 aliphatic heterocycles. The molecule has 136 valence electrons. The zero-order chi connectivity index (χ0) is 17.5. The molecule has 0 radical (unpaired) electrons. The fraction of sp³-hybridized carbons (Fsp3) is 0.682. The lowest BCUT2D eigenvalue weighted by Crippen LogP contribution is -2.08. The number of ether oxygens (including phenoxy) is 1. The van der Waals surface area contributed by atoms with Crippen molar-refractivity contribution >= 4 is 5.97 Å². The first kappa shape index (κ1) is 20.7. The minimum atomic E-state index is -0.184. The van der Waals surface area contributed by atoms with Crippen LogP contribution in [0.25, 0.3) is 0 Å². The molecule has 2 heteroatoms. The van der Waals surface area contributed by atoms with E-state index in [2.05, 4.69) is 6.92 Å². The second-order valence-corrected chi connectivity index (χ2v) is 6.84. The van der Waals surface area contributed by atoms with Gasteiger partial charge < -0.3 is 4.74 Å². The van der Waals surface area contributed by atoms with Crippen LogP contribution in [0.3, 0.4) is 0 Å². The summed E-state index contributed by atoms with van der Waals surface area (Å²) in [7, 11) is 0. The smallest absolute Gasteiger partial charge is 0.338 e. The van der Waals surface area contributed by atoms with Gasteiger partial charge in [-0.05, 0) is 25.0 Å². The van der Waals surface area contributed by atoms with E-state index in [1.807, 2.05) is 31.2 Å². The monoisotopic (exact) mass is 332 g/mol. The Kier molecular flexibility index (Phi) is 12.2. The van der Waals surface area contributed by atoms with Crippen LogP contribution < -0.4 is 0 Å². The number of hydrogen-bond donors (Lipinski definition) is 0. The van der Waals surface area contributed by atoms with Gasteiger partial charge >= 0.3 is 5.97 Å². The lowest BCUT2D eigenvalue weighted by Gasteiger charge is -2.07. The Labute approximate surface area is 149 Å². The van der Waals surface area contributed by atoms with Crippen LogP contribution in [-0.2, 0) is 4.74 Å². The number of carbonyl (C=O) groups excluding carboxylic acids is 1. The molecule has 1 aromatic rings. The molecule has 0 aromatic heterocycles. The summed E-state index contributed by atoms with van der Waals surface area (Å²) in [4.78, 5) is 11.9. The van der Waals surface area contributed by atoms with E-state index in [9.17, 15) is 4.79 Å². The number of esters is 1. The van der Waals surface area contributed by atoms with Crippen molar-refractivity contribution in [3.05, 3.63) is 35.4 Å². The van der Waals surface area contributed by atoms with Gasteiger partial charge in [-0.2, -0.15) is 0 Å². The fourth-order valence-electron chi connectivity index (χ4n) is 2.99. The Morgan fingerprint density at radius 1 is 0.792 bits per heavy atom. The van der Waals surface area contributed by atoms with E-state index in [4.69, 9.17) is 4.74 Å². The topological polar surface area (TPSA) is 26.3 Å². The third-order valence-corrected chi connectivity index (χ3v) is 4.60. The summed E-state index contributed by atoms with van der Waals surface area (Å²) in [6.07, 6.45) is 15.8. The second-order valence-electron chi connectivity index (χ2n) is 6.84. The molecule has 0 heterocycles. The molecule has 0 N–H and O–H groups in total. The summed E-state index contributed by atoms with van der Waals surface area (Å²) in [5.41, 5.74) is 1.67. The molecule has 0 unspecified atom stereocenters. The minimum Gasteiger partial charge on any atom is -0.462 e. The maximum atomic E-state index is 11.9. The molecule has 2 nitrogen and oxygen atoms in total. The van der Waals surface area contributed by atoms with Gasteiger partial charge in [-0.1, -0.05) is 95.8 Å². The molecule has 0 aliphatic carbocycles. The number of hydrogen-bond acceptors (Lipinski definition) is 2. The predicted molar refractivity (Wildman–Crippen MR) is 103 cm³/mol. The molecule has 0 bridgehead atoms. The summed E-state index contributed by atoms with van der Waals surface area (Å²) in [6, 6.07) is 7.60. The van der Waals surface area contributed by atoms with Crippen LogP contribution in [0, 0.1) is 6.92 Å². The van der Waals surface area contributed by atoms with E-state index < -0.39 is 0 Å². The van der Waals surface area contributed by atoms with Crippen molar-refractivity contribution in [3.8, 4) is 0 Å². The maximum Gasteiger partial charge on any atom is 0.338 e. The van der Waals surface area contributed by atoms with Gasteiger partial charge in [0, 0.05) is 0 Å². The van der Waals surface area contributed by atoms with Crippen molar-refractivity contribution in [1.82, 2.24) is 0 Å². The normalized spacial score (nSPS) is 10.8. The van der Waals surface area contributed by atoms with Gasteiger partial charge in [0.2, 0.25) is 0 Å².